The lowest BCUT2D eigenvalue weighted by Crippen LogP contribution is -2.75. The van der Waals surface area contributed by atoms with E-state index < -0.39 is 266 Å². The molecule has 120 heavy (non-hydrogen) atoms. The number of alkyl halides is 42. The summed E-state index contributed by atoms with van der Waals surface area (Å²) in [6.07, 6.45) is -38.6. The lowest BCUT2D eigenvalue weighted by molar-refractivity contribution is -0.454. The van der Waals surface area contributed by atoms with Gasteiger partial charge in [-0.25, -0.2) is 0 Å². The predicted molar refractivity (Wildman–Crippen MR) is 292 cm³/mol. The van der Waals surface area contributed by atoms with Crippen molar-refractivity contribution in [3.05, 3.63) is 145 Å². The maximum Gasteiger partial charge on any atom is 0.460 e. The maximum atomic E-state index is 16.1. The van der Waals surface area contributed by atoms with Crippen LogP contribution in [0.1, 0.15) is 12.8 Å². The zero-order valence-electron chi connectivity index (χ0n) is 55.3. The molecule has 0 atom stereocenters. The fourth-order valence-corrected chi connectivity index (χ4v) is 17.4. The monoisotopic (exact) mass is 1900 g/mol. The Balaban J connectivity index is 2.06. The molecule has 0 saturated heterocycles. The first-order chi connectivity index (χ1) is 53.3. The van der Waals surface area contributed by atoms with E-state index in [0.29, 0.717) is 0 Å². The van der Waals surface area contributed by atoms with Crippen molar-refractivity contribution in [2.75, 3.05) is 13.2 Å². The van der Waals surface area contributed by atoms with E-state index in [1.807, 2.05) is 0 Å². The fourth-order valence-electron chi connectivity index (χ4n) is 9.57. The molecule has 0 radical (unpaired) electrons. The van der Waals surface area contributed by atoms with Gasteiger partial charge < -0.3 is 27.8 Å². The van der Waals surface area contributed by atoms with Crippen LogP contribution < -0.4 is 39.7 Å². The number of benzene rings is 4. The van der Waals surface area contributed by atoms with Crippen LogP contribution in [-0.2, 0) is 8.85 Å². The highest BCUT2D eigenvalue weighted by Crippen LogP contribution is 2.67. The summed E-state index contributed by atoms with van der Waals surface area (Å²) in [5, 5.41) is -7.88. The summed E-state index contributed by atoms with van der Waals surface area (Å²) in [6.45, 7) is -9.24. The second kappa shape index (κ2) is 33.4. The Bertz CT molecular complexity index is 3930. The Kier molecular flexibility index (Phi) is 28.9. The molecule has 4 aromatic rings. The van der Waals surface area contributed by atoms with E-state index >= 15 is 105 Å². The van der Waals surface area contributed by atoms with Crippen molar-refractivity contribution in [2.24, 2.45) is 0 Å². The van der Waals surface area contributed by atoms with Gasteiger partial charge in [0, 0.05) is 12.8 Å². The van der Waals surface area contributed by atoms with Gasteiger partial charge in [0.25, 0.3) is 16.6 Å². The van der Waals surface area contributed by atoms with Crippen LogP contribution in [0.15, 0.2) is 145 Å². The summed E-state index contributed by atoms with van der Waals surface area (Å²) in [5.74, 6) is -166. The van der Waals surface area contributed by atoms with Gasteiger partial charge in [-0.2, -0.15) is 237 Å². The van der Waals surface area contributed by atoms with Gasteiger partial charge in [0.05, 0.1) is 0 Å². The number of halogens is 54. The molecule has 0 amide bonds. The molecule has 6 nitrogen and oxygen atoms in total. The van der Waals surface area contributed by atoms with Crippen LogP contribution in [0.25, 0.3) is 0 Å². The zero-order chi connectivity index (χ0) is 94.0. The van der Waals surface area contributed by atoms with Crippen molar-refractivity contribution < 1.29 is 265 Å². The molecule has 62 heteroatoms. The number of hydrogen-bond acceptors (Lipinski definition) is 6. The average Bonchev–Trinajstić information content (AvgIpc) is 0.674. The molecule has 4 rings (SSSR count). The van der Waals surface area contributed by atoms with E-state index in [2.05, 4.69) is 27.8 Å². The van der Waals surface area contributed by atoms with Crippen molar-refractivity contribution in [3.8, 4) is 23.0 Å². The van der Waals surface area contributed by atoms with Crippen molar-refractivity contribution in [2.45, 2.75) is 144 Å². The number of hydrogen-bond donors (Lipinski definition) is 0. The second-order valence-electron chi connectivity index (χ2n) is 23.7. The third-order valence-electron chi connectivity index (χ3n) is 16.2. The summed E-state index contributed by atoms with van der Waals surface area (Å²) >= 11 is 0. The third kappa shape index (κ3) is 17.9. The number of ether oxygens (including phenoxy) is 4. The standard InChI is InChI=1S/C58H28F54O6Si2/c59-31(60)35(67)115-23-1-9-27(10-2-23)119(28-11-3-24(4-12-28)116-36(68)32(61)62,19-17-39(71,72)43(79,80)47(87,88)53(99,100)55(103,104)57(107,108)109)113-21-41(75,76)45(83,84)49(91,92)51(95,96)52(97,98)50(93,94)46(85,86)42(77,78)22-114-120(29-13-5-25(6-14-29)117-37(69)33(63)64,30-15-7-26(8-16-30)118-38(70)34(65)66)20-18-40(73,74)44(81,82)48(89,90)54(101,102)56(105,106)58(110,111)112/h1-16H,17-22H2. The van der Waals surface area contributed by atoms with Gasteiger partial charge in [-0.15, -0.1) is 0 Å². The Morgan fingerprint density at radius 3 is 0.508 bits per heavy atom. The number of rotatable bonds is 39. The molecule has 0 aromatic heterocycles. The van der Waals surface area contributed by atoms with Crippen LogP contribution >= 0.6 is 0 Å². The lowest BCUT2D eigenvalue weighted by atomic mass is 9.88. The highest BCUT2D eigenvalue weighted by Gasteiger charge is 2.96. The van der Waals surface area contributed by atoms with E-state index in [-0.39, 0.29) is 97.1 Å². The van der Waals surface area contributed by atoms with Crippen LogP contribution in [0, 0.1) is 0 Å². The summed E-state index contributed by atoms with van der Waals surface area (Å²) in [7, 11) is -14.6. The molecule has 0 fully saturated rings. The van der Waals surface area contributed by atoms with Crippen LogP contribution in [0.2, 0.25) is 12.1 Å². The zero-order valence-corrected chi connectivity index (χ0v) is 57.3. The van der Waals surface area contributed by atoms with Crippen LogP contribution in [-0.4, -0.2) is 149 Å². The second-order valence-corrected chi connectivity index (χ2v) is 30.9. The van der Waals surface area contributed by atoms with Gasteiger partial charge >= 0.3 is 167 Å². The van der Waals surface area contributed by atoms with Crippen molar-refractivity contribution in [3.63, 3.8) is 0 Å². The van der Waals surface area contributed by atoms with E-state index in [0.717, 1.165) is 0 Å². The third-order valence-corrected chi connectivity index (χ3v) is 24.4. The van der Waals surface area contributed by atoms with E-state index in [1.54, 1.807) is 0 Å². The molecule has 682 valence electrons. The summed E-state index contributed by atoms with van der Waals surface area (Å²) in [5.41, 5.74) is 0. The Morgan fingerprint density at radius 2 is 0.350 bits per heavy atom. The molecule has 4 aromatic carbocycles. The molecule has 0 aliphatic rings. The first kappa shape index (κ1) is 104. The lowest BCUT2D eigenvalue weighted by Gasteiger charge is -2.44. The SMILES string of the molecule is FC(F)=C(F)Oc1ccc([Si](CCC(F)(F)C(F)(F)C(F)(F)C(F)(F)C(F)(F)C(F)(F)F)(OCC(F)(F)C(F)(F)C(F)(F)C(F)(F)C(F)(F)C(F)(F)C(F)(F)C(F)(F)CO[Si](CCC(F)(F)C(F)(F)C(F)(F)C(F)(F)C(F)(F)C(F)(F)F)(c2ccc(OC(F)=C(F)F)cc2)c2ccc(OC(F)=C(F)F)cc2)c2ccc(OC(F)=C(F)F)cc2)cc1. The Morgan fingerprint density at radius 1 is 0.200 bits per heavy atom. The molecular formula is C58H28F54O6Si2. The van der Waals surface area contributed by atoms with Gasteiger partial charge in [-0.3, -0.25) is 0 Å². The summed E-state index contributed by atoms with van der Waals surface area (Å²) in [6, 6.07) is -24.2. The van der Waals surface area contributed by atoms with Gasteiger partial charge in [-0.1, -0.05) is 48.5 Å². The van der Waals surface area contributed by atoms with Crippen LogP contribution in [0.4, 0.5) is 237 Å². The van der Waals surface area contributed by atoms with Gasteiger partial charge in [0.15, 0.2) is 0 Å². The van der Waals surface area contributed by atoms with Crippen molar-refractivity contribution in [1.82, 2.24) is 0 Å². The normalized spacial score (nSPS) is 14.7. The van der Waals surface area contributed by atoms with Crippen molar-refractivity contribution >= 4 is 37.4 Å². The fraction of sp³-hybridized carbons (Fsp3) is 0.448. The average molecular weight is 1900 g/mol. The molecule has 0 aliphatic heterocycles. The first-order valence-electron chi connectivity index (χ1n) is 29.5. The molecular weight excluding hydrogens is 1870 g/mol. The molecule has 0 unspecified atom stereocenters. The van der Waals surface area contributed by atoms with E-state index in [1.165, 1.54) is 0 Å². The van der Waals surface area contributed by atoms with Gasteiger partial charge in [0.2, 0.25) is 0 Å². The maximum absolute atomic E-state index is 16.1. The van der Waals surface area contributed by atoms with Crippen molar-refractivity contribution in [1.29, 1.82) is 0 Å². The molecule has 0 N–H and O–H groups in total. The first-order valence-corrected chi connectivity index (χ1v) is 33.7. The van der Waals surface area contributed by atoms with Crippen LogP contribution in [0.5, 0.6) is 23.0 Å². The molecule has 0 spiro atoms. The minimum Gasteiger partial charge on any atom is -0.428 e. The van der Waals surface area contributed by atoms with E-state index in [4.69, 9.17) is 0 Å². The van der Waals surface area contributed by atoms with Gasteiger partial charge in [-0.05, 0) is 81.4 Å². The molecule has 0 heterocycles. The quantitative estimate of drug-likeness (QED) is 0.0252. The Labute approximate surface area is 627 Å². The van der Waals surface area contributed by atoms with E-state index in [9.17, 15) is 132 Å². The molecule has 0 saturated carbocycles. The largest absolute Gasteiger partial charge is 0.460 e. The highest BCUT2D eigenvalue weighted by molar-refractivity contribution is 6.98. The summed E-state index contributed by atoms with van der Waals surface area (Å²) < 4.78 is 808. The molecule has 0 aliphatic carbocycles. The molecule has 0 bridgehead atoms. The minimum atomic E-state index is -9.89. The Hall–Kier alpha value is -8.39. The minimum absolute atomic E-state index is 0.281. The van der Waals surface area contributed by atoms with Crippen LogP contribution in [0.3, 0.4) is 0 Å². The predicted octanol–water partition coefficient (Wildman–Crippen LogP) is 23.5. The van der Waals surface area contributed by atoms with Gasteiger partial charge in [0.1, 0.15) is 36.2 Å². The summed E-state index contributed by atoms with van der Waals surface area (Å²) in [4.78, 5) is 0. The highest BCUT2D eigenvalue weighted by atomic mass is 28.4. The topological polar surface area (TPSA) is 55.4 Å². The smallest absolute Gasteiger partial charge is 0.428 e.